The number of likely N-dealkylation sites (N-methyl/N-ethyl adjacent to an activating group) is 1. The molecule has 1 unspecified atom stereocenters. The maximum absolute atomic E-state index is 13.0. The molecule has 7 heteroatoms. The molecule has 0 aliphatic carbocycles. The van der Waals surface area contributed by atoms with Crippen LogP contribution in [-0.2, 0) is 0 Å². The van der Waals surface area contributed by atoms with Crippen molar-refractivity contribution in [2.45, 2.75) is 12.0 Å². The molecule has 1 atom stereocenters. The third-order valence-electron chi connectivity index (χ3n) is 4.12. The van der Waals surface area contributed by atoms with Crippen molar-refractivity contribution < 1.29 is 14.3 Å². The predicted octanol–water partition coefficient (Wildman–Crippen LogP) is 1.01. The van der Waals surface area contributed by atoms with Gasteiger partial charge in [0, 0.05) is 25.2 Å². The molecular formula is C16H19FN4O2. The average Bonchev–Trinajstić information content (AvgIpc) is 3.13. The number of halogens is 1. The van der Waals surface area contributed by atoms with E-state index in [4.69, 9.17) is 0 Å². The highest BCUT2D eigenvalue weighted by atomic mass is 19.1. The molecule has 1 amide bonds. The number of amides is 1. The first-order valence-corrected chi connectivity index (χ1v) is 7.45. The summed E-state index contributed by atoms with van der Waals surface area (Å²) in [5, 5.41) is 19.8. The second kappa shape index (κ2) is 6.10. The van der Waals surface area contributed by atoms with Gasteiger partial charge in [-0.05, 0) is 37.7 Å². The van der Waals surface area contributed by atoms with Gasteiger partial charge in [0.2, 0.25) is 0 Å². The minimum atomic E-state index is -0.899. The summed E-state index contributed by atoms with van der Waals surface area (Å²) in [6, 6.07) is 5.82. The van der Waals surface area contributed by atoms with Crippen molar-refractivity contribution in [3.63, 3.8) is 0 Å². The normalized spacial score (nSPS) is 21.5. The summed E-state index contributed by atoms with van der Waals surface area (Å²) in [5.74, 6) is -0.659. The van der Waals surface area contributed by atoms with Crippen LogP contribution >= 0.6 is 0 Å². The Morgan fingerprint density at radius 3 is 2.87 bits per heavy atom. The molecule has 0 spiro atoms. The molecule has 3 N–H and O–H groups in total. The third-order valence-corrected chi connectivity index (χ3v) is 4.12. The van der Waals surface area contributed by atoms with Gasteiger partial charge in [-0.2, -0.15) is 5.10 Å². The predicted molar refractivity (Wildman–Crippen MR) is 83.4 cm³/mol. The molecule has 122 valence electrons. The molecule has 0 saturated carbocycles. The molecule has 23 heavy (non-hydrogen) atoms. The first-order valence-electron chi connectivity index (χ1n) is 7.45. The van der Waals surface area contributed by atoms with E-state index < -0.39 is 5.60 Å². The van der Waals surface area contributed by atoms with E-state index >= 15 is 0 Å². The van der Waals surface area contributed by atoms with Gasteiger partial charge in [0.25, 0.3) is 5.91 Å². The zero-order valence-electron chi connectivity index (χ0n) is 12.8. The van der Waals surface area contributed by atoms with Crippen LogP contribution in [0.2, 0.25) is 0 Å². The summed E-state index contributed by atoms with van der Waals surface area (Å²) >= 11 is 0. The van der Waals surface area contributed by atoms with Crippen LogP contribution in [-0.4, -0.2) is 58.4 Å². The number of hydrogen-bond donors (Lipinski definition) is 3. The molecule has 2 aromatic rings. The van der Waals surface area contributed by atoms with Gasteiger partial charge in [-0.15, -0.1) is 0 Å². The zero-order valence-corrected chi connectivity index (χ0v) is 12.8. The number of nitrogens with zero attached hydrogens (tertiary/aromatic N) is 2. The van der Waals surface area contributed by atoms with Crippen LogP contribution in [0.1, 0.15) is 16.8 Å². The van der Waals surface area contributed by atoms with E-state index in [-0.39, 0.29) is 18.3 Å². The fourth-order valence-corrected chi connectivity index (χ4v) is 2.84. The average molecular weight is 318 g/mol. The summed E-state index contributed by atoms with van der Waals surface area (Å²) in [6.07, 6.45) is 2.05. The molecule has 1 aliphatic heterocycles. The molecule has 0 radical (unpaired) electrons. The number of aliphatic hydroxyl groups is 1. The second-order valence-electron chi connectivity index (χ2n) is 6.06. The van der Waals surface area contributed by atoms with Gasteiger partial charge < -0.3 is 15.3 Å². The Hall–Kier alpha value is -2.25. The number of β-amino-alcohol motifs (C(OH)–C–C–N with tert-alkyl or cyclic N) is 1. The molecule has 1 aromatic carbocycles. The summed E-state index contributed by atoms with van der Waals surface area (Å²) in [6.45, 7) is 1.52. The van der Waals surface area contributed by atoms with Crippen molar-refractivity contribution in [3.05, 3.63) is 41.8 Å². The molecule has 1 aliphatic rings. The Balaban J connectivity index is 1.71. The van der Waals surface area contributed by atoms with Crippen molar-refractivity contribution in [1.29, 1.82) is 0 Å². The van der Waals surface area contributed by atoms with Crippen molar-refractivity contribution in [2.75, 3.05) is 26.7 Å². The first kappa shape index (κ1) is 15.6. The number of carbonyl (C=O) groups excluding carboxylic acids is 1. The van der Waals surface area contributed by atoms with Gasteiger partial charge in [0.15, 0.2) is 0 Å². The highest BCUT2D eigenvalue weighted by Crippen LogP contribution is 2.22. The topological polar surface area (TPSA) is 81.2 Å². The fraction of sp³-hybridized carbons (Fsp3) is 0.375. The van der Waals surface area contributed by atoms with Crippen LogP contribution < -0.4 is 5.32 Å². The summed E-state index contributed by atoms with van der Waals surface area (Å²) in [4.78, 5) is 14.4. The van der Waals surface area contributed by atoms with E-state index in [9.17, 15) is 14.3 Å². The quantitative estimate of drug-likeness (QED) is 0.786. The van der Waals surface area contributed by atoms with Crippen molar-refractivity contribution in [1.82, 2.24) is 20.4 Å². The number of nitrogens with one attached hydrogen (secondary N) is 2. The number of rotatable bonds is 4. The molecule has 3 rings (SSSR count). The van der Waals surface area contributed by atoms with Crippen LogP contribution in [0, 0.1) is 5.82 Å². The smallest absolute Gasteiger partial charge is 0.255 e. The molecule has 1 fully saturated rings. The number of H-pyrrole nitrogens is 1. The van der Waals surface area contributed by atoms with Crippen LogP contribution in [0.25, 0.3) is 11.3 Å². The summed E-state index contributed by atoms with van der Waals surface area (Å²) < 4.78 is 13.0. The lowest BCUT2D eigenvalue weighted by molar-refractivity contribution is 0.0485. The number of hydrogen-bond acceptors (Lipinski definition) is 4. The summed E-state index contributed by atoms with van der Waals surface area (Å²) in [7, 11) is 1.93. The molecule has 2 heterocycles. The highest BCUT2D eigenvalue weighted by molar-refractivity contribution is 5.99. The largest absolute Gasteiger partial charge is 0.387 e. The Morgan fingerprint density at radius 2 is 2.22 bits per heavy atom. The third kappa shape index (κ3) is 3.40. The zero-order chi connectivity index (χ0) is 16.4. The van der Waals surface area contributed by atoms with Crippen molar-refractivity contribution >= 4 is 5.91 Å². The van der Waals surface area contributed by atoms with E-state index in [2.05, 4.69) is 15.5 Å². The van der Waals surface area contributed by atoms with Gasteiger partial charge in [0.1, 0.15) is 5.82 Å². The summed E-state index contributed by atoms with van der Waals surface area (Å²) in [5.41, 5.74) is 0.669. The number of aromatic amines is 1. The van der Waals surface area contributed by atoms with E-state index in [0.717, 1.165) is 6.54 Å². The van der Waals surface area contributed by atoms with Gasteiger partial charge >= 0.3 is 0 Å². The van der Waals surface area contributed by atoms with Crippen LogP contribution in [0.15, 0.2) is 30.5 Å². The molecule has 1 saturated heterocycles. The van der Waals surface area contributed by atoms with E-state index in [1.807, 2.05) is 11.9 Å². The van der Waals surface area contributed by atoms with Gasteiger partial charge in [0.05, 0.1) is 23.1 Å². The fourth-order valence-electron chi connectivity index (χ4n) is 2.84. The van der Waals surface area contributed by atoms with Crippen LogP contribution in [0.3, 0.4) is 0 Å². The number of carbonyl (C=O) groups is 1. The highest BCUT2D eigenvalue weighted by Gasteiger charge is 2.34. The van der Waals surface area contributed by atoms with Crippen molar-refractivity contribution in [3.8, 4) is 11.3 Å². The Labute approximate surface area is 133 Å². The lowest BCUT2D eigenvalue weighted by atomic mass is 10.0. The van der Waals surface area contributed by atoms with Crippen molar-refractivity contribution in [2.24, 2.45) is 0 Å². The number of benzene rings is 1. The molecule has 1 aromatic heterocycles. The maximum Gasteiger partial charge on any atom is 0.255 e. The van der Waals surface area contributed by atoms with Crippen LogP contribution in [0.5, 0.6) is 0 Å². The van der Waals surface area contributed by atoms with E-state index in [0.29, 0.717) is 29.8 Å². The van der Waals surface area contributed by atoms with Crippen LogP contribution in [0.4, 0.5) is 4.39 Å². The number of likely N-dealkylation sites (tertiary alicyclic amines) is 1. The van der Waals surface area contributed by atoms with E-state index in [1.54, 1.807) is 12.1 Å². The van der Waals surface area contributed by atoms with Gasteiger partial charge in [-0.25, -0.2) is 4.39 Å². The SMILES string of the molecule is CN1CCC(O)(CNC(=O)c2cn[nH]c2-c2ccc(F)cc2)C1. The monoisotopic (exact) mass is 318 g/mol. The molecular weight excluding hydrogens is 299 g/mol. The van der Waals surface area contributed by atoms with Gasteiger partial charge in [-0.3, -0.25) is 9.89 Å². The minimum Gasteiger partial charge on any atom is -0.387 e. The maximum atomic E-state index is 13.0. The first-order chi connectivity index (χ1) is 11.0. The molecule has 6 nitrogen and oxygen atoms in total. The lowest BCUT2D eigenvalue weighted by Crippen LogP contribution is -2.44. The number of aromatic nitrogens is 2. The Morgan fingerprint density at radius 1 is 1.48 bits per heavy atom. The van der Waals surface area contributed by atoms with E-state index in [1.165, 1.54) is 18.3 Å². The minimum absolute atomic E-state index is 0.185. The lowest BCUT2D eigenvalue weighted by Gasteiger charge is -2.22. The Bertz CT molecular complexity index is 700. The second-order valence-corrected chi connectivity index (χ2v) is 6.06. The standard InChI is InChI=1S/C16H19FN4O2/c1-21-7-6-16(23,10-21)9-18-15(22)13-8-19-20-14(13)11-2-4-12(17)5-3-11/h2-5,8,23H,6-7,9-10H2,1H3,(H,18,22)(H,19,20). The Kier molecular flexibility index (Phi) is 4.14. The molecule has 0 bridgehead atoms. The van der Waals surface area contributed by atoms with Gasteiger partial charge in [-0.1, -0.05) is 0 Å².